The molecule has 3 N–H and O–H groups in total. The summed E-state index contributed by atoms with van der Waals surface area (Å²) in [6.07, 6.45) is 1.14. The SMILES string of the molecule is CC(CC(N)=NO)N(C)C(=O)C1CCOC1. The van der Waals surface area contributed by atoms with E-state index in [0.717, 1.165) is 6.42 Å². The van der Waals surface area contributed by atoms with E-state index in [0.29, 0.717) is 19.6 Å². The molecular weight excluding hydrogens is 210 g/mol. The number of hydrogen-bond acceptors (Lipinski definition) is 4. The van der Waals surface area contributed by atoms with Crippen LogP contribution in [-0.4, -0.2) is 48.2 Å². The first-order chi connectivity index (χ1) is 7.56. The summed E-state index contributed by atoms with van der Waals surface area (Å²) in [5.41, 5.74) is 5.40. The molecule has 1 heterocycles. The summed E-state index contributed by atoms with van der Waals surface area (Å²) in [5, 5.41) is 11.4. The van der Waals surface area contributed by atoms with Gasteiger partial charge in [0.15, 0.2) is 0 Å². The van der Waals surface area contributed by atoms with Gasteiger partial charge in [0.05, 0.1) is 12.5 Å². The number of oxime groups is 1. The van der Waals surface area contributed by atoms with Crippen LogP contribution in [0.15, 0.2) is 5.16 Å². The van der Waals surface area contributed by atoms with Gasteiger partial charge in [0.1, 0.15) is 5.84 Å². The predicted octanol–water partition coefficient (Wildman–Crippen LogP) is 0.00630. The van der Waals surface area contributed by atoms with E-state index in [2.05, 4.69) is 5.16 Å². The van der Waals surface area contributed by atoms with E-state index in [1.807, 2.05) is 6.92 Å². The Morgan fingerprint density at radius 2 is 2.44 bits per heavy atom. The highest BCUT2D eigenvalue weighted by molar-refractivity contribution is 5.82. The van der Waals surface area contributed by atoms with Gasteiger partial charge < -0.3 is 20.6 Å². The molecule has 92 valence electrons. The van der Waals surface area contributed by atoms with Crippen molar-refractivity contribution >= 4 is 11.7 Å². The van der Waals surface area contributed by atoms with Crippen molar-refractivity contribution in [3.05, 3.63) is 0 Å². The first-order valence-corrected chi connectivity index (χ1v) is 5.37. The second kappa shape index (κ2) is 5.69. The van der Waals surface area contributed by atoms with Crippen molar-refractivity contribution in [1.82, 2.24) is 4.90 Å². The summed E-state index contributed by atoms with van der Waals surface area (Å²) >= 11 is 0. The lowest BCUT2D eigenvalue weighted by molar-refractivity contribution is -0.135. The zero-order valence-electron chi connectivity index (χ0n) is 9.72. The molecule has 0 spiro atoms. The van der Waals surface area contributed by atoms with E-state index < -0.39 is 0 Å². The molecule has 0 aromatic heterocycles. The van der Waals surface area contributed by atoms with Crippen molar-refractivity contribution in [1.29, 1.82) is 0 Å². The first-order valence-electron chi connectivity index (χ1n) is 5.37. The third-order valence-electron chi connectivity index (χ3n) is 2.92. The molecule has 1 saturated heterocycles. The van der Waals surface area contributed by atoms with Crippen molar-refractivity contribution in [3.63, 3.8) is 0 Å². The van der Waals surface area contributed by atoms with Crippen LogP contribution in [0.25, 0.3) is 0 Å². The molecule has 0 aromatic carbocycles. The summed E-state index contributed by atoms with van der Waals surface area (Å²) < 4.78 is 5.17. The molecule has 0 aromatic rings. The van der Waals surface area contributed by atoms with Crippen LogP contribution in [-0.2, 0) is 9.53 Å². The van der Waals surface area contributed by atoms with Crippen LogP contribution in [0.5, 0.6) is 0 Å². The second-order valence-corrected chi connectivity index (χ2v) is 4.15. The number of nitrogens with two attached hydrogens (primary N) is 1. The van der Waals surface area contributed by atoms with Gasteiger partial charge in [0.25, 0.3) is 0 Å². The van der Waals surface area contributed by atoms with Crippen molar-refractivity contribution in [2.45, 2.75) is 25.8 Å². The Morgan fingerprint density at radius 1 is 1.75 bits per heavy atom. The lowest BCUT2D eigenvalue weighted by Crippen LogP contribution is -2.41. The minimum absolute atomic E-state index is 0.0419. The van der Waals surface area contributed by atoms with E-state index in [9.17, 15) is 4.79 Å². The molecule has 1 amide bonds. The van der Waals surface area contributed by atoms with Crippen molar-refractivity contribution in [3.8, 4) is 0 Å². The molecule has 0 saturated carbocycles. The van der Waals surface area contributed by atoms with Gasteiger partial charge in [-0.15, -0.1) is 0 Å². The van der Waals surface area contributed by atoms with Crippen LogP contribution in [0.2, 0.25) is 0 Å². The molecule has 6 heteroatoms. The Morgan fingerprint density at radius 3 is 2.94 bits per heavy atom. The summed E-state index contributed by atoms with van der Waals surface area (Å²) in [6, 6.07) is -0.0796. The molecule has 1 aliphatic heterocycles. The van der Waals surface area contributed by atoms with E-state index in [-0.39, 0.29) is 23.7 Å². The molecule has 6 nitrogen and oxygen atoms in total. The lowest BCUT2D eigenvalue weighted by Gasteiger charge is -2.26. The molecule has 0 aliphatic carbocycles. The van der Waals surface area contributed by atoms with Gasteiger partial charge in [-0.1, -0.05) is 5.16 Å². The molecule has 2 unspecified atom stereocenters. The number of carbonyl (C=O) groups excluding carboxylic acids is 1. The topological polar surface area (TPSA) is 88.2 Å². The molecule has 1 aliphatic rings. The Bertz CT molecular complexity index is 274. The van der Waals surface area contributed by atoms with Gasteiger partial charge in [-0.3, -0.25) is 4.79 Å². The highest BCUT2D eigenvalue weighted by Crippen LogP contribution is 2.16. The van der Waals surface area contributed by atoms with Crippen LogP contribution < -0.4 is 5.73 Å². The monoisotopic (exact) mass is 229 g/mol. The largest absolute Gasteiger partial charge is 0.409 e. The van der Waals surface area contributed by atoms with E-state index >= 15 is 0 Å². The van der Waals surface area contributed by atoms with Gasteiger partial charge in [0.2, 0.25) is 5.91 Å². The van der Waals surface area contributed by atoms with Gasteiger partial charge in [-0.25, -0.2) is 0 Å². The minimum atomic E-state index is -0.0796. The fourth-order valence-corrected chi connectivity index (χ4v) is 1.71. The predicted molar refractivity (Wildman–Crippen MR) is 59.2 cm³/mol. The van der Waals surface area contributed by atoms with E-state index in [1.165, 1.54) is 0 Å². The smallest absolute Gasteiger partial charge is 0.228 e. The first kappa shape index (κ1) is 12.8. The number of carbonyl (C=O) groups is 1. The third-order valence-corrected chi connectivity index (χ3v) is 2.92. The van der Waals surface area contributed by atoms with Crippen molar-refractivity contribution in [2.24, 2.45) is 16.8 Å². The number of rotatable bonds is 4. The van der Waals surface area contributed by atoms with Crippen molar-refractivity contribution < 1.29 is 14.7 Å². The van der Waals surface area contributed by atoms with E-state index in [4.69, 9.17) is 15.7 Å². The highest BCUT2D eigenvalue weighted by Gasteiger charge is 2.28. The maximum absolute atomic E-state index is 12.0. The molecule has 1 fully saturated rings. The molecule has 2 atom stereocenters. The number of amidine groups is 1. The zero-order chi connectivity index (χ0) is 12.1. The van der Waals surface area contributed by atoms with Gasteiger partial charge in [0, 0.05) is 26.1 Å². The average Bonchev–Trinajstić information content (AvgIpc) is 2.80. The average molecular weight is 229 g/mol. The number of nitrogens with zero attached hydrogens (tertiary/aromatic N) is 2. The number of amides is 1. The van der Waals surface area contributed by atoms with Gasteiger partial charge in [-0.2, -0.15) is 0 Å². The quantitative estimate of drug-likeness (QED) is 0.307. The zero-order valence-corrected chi connectivity index (χ0v) is 9.72. The normalized spacial score (nSPS) is 23.1. The Balaban J connectivity index is 2.48. The fraction of sp³-hybridized carbons (Fsp3) is 0.800. The summed E-state index contributed by atoms with van der Waals surface area (Å²) in [4.78, 5) is 13.6. The second-order valence-electron chi connectivity index (χ2n) is 4.15. The maximum atomic E-state index is 12.0. The summed E-state index contributed by atoms with van der Waals surface area (Å²) in [6.45, 7) is 3.02. The fourth-order valence-electron chi connectivity index (χ4n) is 1.71. The van der Waals surface area contributed by atoms with Gasteiger partial charge in [-0.05, 0) is 13.3 Å². The lowest BCUT2D eigenvalue weighted by atomic mass is 10.1. The van der Waals surface area contributed by atoms with Crippen LogP contribution in [0.4, 0.5) is 0 Å². The van der Waals surface area contributed by atoms with Crippen LogP contribution in [0, 0.1) is 5.92 Å². The maximum Gasteiger partial charge on any atom is 0.228 e. The van der Waals surface area contributed by atoms with Crippen LogP contribution >= 0.6 is 0 Å². The Kier molecular flexibility index (Phi) is 4.54. The van der Waals surface area contributed by atoms with Crippen LogP contribution in [0.1, 0.15) is 19.8 Å². The number of hydrogen-bond donors (Lipinski definition) is 2. The number of ether oxygens (including phenoxy) is 1. The molecular formula is C10H19N3O3. The Labute approximate surface area is 95.0 Å². The standard InChI is InChI=1S/C10H19N3O3/c1-7(5-9(11)12-15)13(2)10(14)8-3-4-16-6-8/h7-8,15H,3-6H2,1-2H3,(H2,11,12). The highest BCUT2D eigenvalue weighted by atomic mass is 16.5. The minimum Gasteiger partial charge on any atom is -0.409 e. The molecule has 1 rings (SSSR count). The molecule has 0 radical (unpaired) electrons. The van der Waals surface area contributed by atoms with Gasteiger partial charge >= 0.3 is 0 Å². The summed E-state index contributed by atoms with van der Waals surface area (Å²) in [5.74, 6) is 0.158. The van der Waals surface area contributed by atoms with Crippen molar-refractivity contribution in [2.75, 3.05) is 20.3 Å². The molecule has 0 bridgehead atoms. The van der Waals surface area contributed by atoms with Crippen LogP contribution in [0.3, 0.4) is 0 Å². The Hall–Kier alpha value is -1.30. The van der Waals surface area contributed by atoms with E-state index in [1.54, 1.807) is 11.9 Å². The summed E-state index contributed by atoms with van der Waals surface area (Å²) in [7, 11) is 1.73. The molecule has 16 heavy (non-hydrogen) atoms. The third kappa shape index (κ3) is 3.10.